The molecule has 0 spiro atoms. The van der Waals surface area contributed by atoms with Gasteiger partial charge in [-0.2, -0.15) is 5.10 Å². The number of aromatic nitrogens is 3. The third-order valence-corrected chi connectivity index (χ3v) is 6.00. The molecule has 4 aromatic rings. The molecule has 30 heavy (non-hydrogen) atoms. The van der Waals surface area contributed by atoms with Crippen LogP contribution >= 0.6 is 23.4 Å². The van der Waals surface area contributed by atoms with E-state index in [2.05, 4.69) is 15.3 Å². The summed E-state index contributed by atoms with van der Waals surface area (Å²) in [5.74, 6) is 0.761. The molecule has 1 atom stereocenters. The number of nitrogens with zero attached hydrogens (tertiary/aromatic N) is 5. The summed E-state index contributed by atoms with van der Waals surface area (Å²) in [6.07, 6.45) is 4.05. The first kappa shape index (κ1) is 18.9. The van der Waals surface area contributed by atoms with E-state index in [0.29, 0.717) is 22.4 Å². The minimum Gasteiger partial charge on any atom is -0.467 e. The van der Waals surface area contributed by atoms with Gasteiger partial charge >= 0.3 is 0 Å². The summed E-state index contributed by atoms with van der Waals surface area (Å²) < 4.78 is 7.44. The van der Waals surface area contributed by atoms with Crippen LogP contribution in [0.15, 0.2) is 81.7 Å². The second kappa shape index (κ2) is 7.97. The number of hydrazone groups is 1. The molecule has 4 heterocycles. The first-order valence-corrected chi connectivity index (χ1v) is 10.7. The number of carbonyl (C=O) groups excluding carboxylic acids is 1. The van der Waals surface area contributed by atoms with Crippen LogP contribution in [-0.4, -0.2) is 37.0 Å². The molecular weight excluding hydrogens is 422 g/mol. The first-order valence-electron chi connectivity index (χ1n) is 9.30. The fourth-order valence-corrected chi connectivity index (χ4v) is 4.27. The lowest BCUT2D eigenvalue weighted by atomic mass is 10.0. The van der Waals surface area contributed by atoms with Gasteiger partial charge in [-0.25, -0.2) is 5.01 Å². The van der Waals surface area contributed by atoms with Gasteiger partial charge in [0.25, 0.3) is 5.91 Å². The largest absolute Gasteiger partial charge is 0.467 e. The Balaban J connectivity index is 1.38. The number of pyridine rings is 1. The summed E-state index contributed by atoms with van der Waals surface area (Å²) in [6.45, 7) is 0. The van der Waals surface area contributed by atoms with Crippen LogP contribution in [0.2, 0.25) is 5.02 Å². The van der Waals surface area contributed by atoms with Crippen LogP contribution in [0.5, 0.6) is 0 Å². The van der Waals surface area contributed by atoms with E-state index in [1.807, 2.05) is 65.2 Å². The second-order valence-corrected chi connectivity index (χ2v) is 8.11. The summed E-state index contributed by atoms with van der Waals surface area (Å²) in [4.78, 5) is 13.1. The van der Waals surface area contributed by atoms with Crippen LogP contribution in [0.3, 0.4) is 0 Å². The lowest BCUT2D eigenvalue weighted by Crippen LogP contribution is -2.28. The van der Waals surface area contributed by atoms with Crippen LogP contribution < -0.4 is 0 Å². The monoisotopic (exact) mass is 437 g/mol. The summed E-state index contributed by atoms with van der Waals surface area (Å²) in [5, 5.41) is 15.8. The highest BCUT2D eigenvalue weighted by Crippen LogP contribution is 2.34. The molecule has 5 rings (SSSR count). The highest BCUT2D eigenvalue weighted by Gasteiger charge is 2.34. The van der Waals surface area contributed by atoms with Crippen molar-refractivity contribution in [1.82, 2.24) is 19.6 Å². The van der Waals surface area contributed by atoms with Crippen LogP contribution in [0, 0.1) is 0 Å². The summed E-state index contributed by atoms with van der Waals surface area (Å²) in [6, 6.07) is 16.5. The van der Waals surface area contributed by atoms with Gasteiger partial charge in [0.2, 0.25) is 0 Å². The molecular formula is C21H16ClN5O2S. The predicted octanol–water partition coefficient (Wildman–Crippen LogP) is 4.45. The van der Waals surface area contributed by atoms with E-state index >= 15 is 0 Å². The number of fused-ring (bicyclic) bond motifs is 1. The fourth-order valence-electron chi connectivity index (χ4n) is 3.37. The standard InChI is InChI=1S/C21H16ClN5O2S/c22-15-8-6-14(7-9-15)16-12-17(18-4-3-11-29-18)27(25-16)20(28)13-30-21-24-23-19-5-1-2-10-26(19)21/h1-11,17H,12-13H2. The smallest absolute Gasteiger partial charge is 0.253 e. The number of hydrogen-bond acceptors (Lipinski definition) is 6. The van der Waals surface area contributed by atoms with Crippen molar-refractivity contribution in [2.24, 2.45) is 5.10 Å². The van der Waals surface area contributed by atoms with Crippen LogP contribution in [-0.2, 0) is 4.79 Å². The number of carbonyl (C=O) groups is 1. The molecule has 1 aliphatic rings. The van der Waals surface area contributed by atoms with Crippen LogP contribution in [0.25, 0.3) is 5.65 Å². The van der Waals surface area contributed by atoms with E-state index in [1.54, 1.807) is 6.26 Å². The van der Waals surface area contributed by atoms with Crippen molar-refractivity contribution < 1.29 is 9.21 Å². The Kier molecular flexibility index (Phi) is 5.02. The molecule has 1 unspecified atom stereocenters. The SMILES string of the molecule is O=C(CSc1nnc2ccccn12)N1N=C(c2ccc(Cl)cc2)CC1c1ccco1. The molecule has 0 saturated carbocycles. The average Bonchev–Trinajstić information content (AvgIpc) is 3.51. The van der Waals surface area contributed by atoms with Gasteiger partial charge in [0.1, 0.15) is 11.8 Å². The Bertz CT molecular complexity index is 1220. The Morgan fingerprint density at radius 3 is 2.80 bits per heavy atom. The molecule has 3 aromatic heterocycles. The molecule has 9 heteroatoms. The van der Waals surface area contributed by atoms with Gasteiger partial charge in [-0.15, -0.1) is 10.2 Å². The van der Waals surface area contributed by atoms with Gasteiger partial charge < -0.3 is 4.42 Å². The molecule has 7 nitrogen and oxygen atoms in total. The molecule has 1 aliphatic heterocycles. The van der Waals surface area contributed by atoms with Crippen molar-refractivity contribution in [1.29, 1.82) is 0 Å². The maximum Gasteiger partial charge on any atom is 0.253 e. The summed E-state index contributed by atoms with van der Waals surface area (Å²) in [7, 11) is 0. The van der Waals surface area contributed by atoms with Crippen LogP contribution in [0.4, 0.5) is 0 Å². The zero-order chi connectivity index (χ0) is 20.5. The van der Waals surface area contributed by atoms with Gasteiger partial charge in [-0.05, 0) is 42.0 Å². The van der Waals surface area contributed by atoms with Crippen molar-refractivity contribution >= 4 is 40.6 Å². The van der Waals surface area contributed by atoms with Crippen molar-refractivity contribution in [2.75, 3.05) is 5.75 Å². The van der Waals surface area contributed by atoms with Gasteiger partial charge in [-0.3, -0.25) is 9.20 Å². The normalized spacial score (nSPS) is 16.2. The number of furan rings is 1. The maximum absolute atomic E-state index is 13.1. The minimum absolute atomic E-state index is 0.127. The van der Waals surface area contributed by atoms with Crippen LogP contribution in [0.1, 0.15) is 23.8 Å². The predicted molar refractivity (Wildman–Crippen MR) is 115 cm³/mol. The molecule has 150 valence electrons. The van der Waals surface area contributed by atoms with Crippen molar-refractivity contribution in [2.45, 2.75) is 17.6 Å². The number of hydrogen-bond donors (Lipinski definition) is 0. The summed E-state index contributed by atoms with van der Waals surface area (Å²) >= 11 is 7.33. The van der Waals surface area contributed by atoms with E-state index in [9.17, 15) is 4.79 Å². The number of rotatable bonds is 5. The number of benzene rings is 1. The zero-order valence-corrected chi connectivity index (χ0v) is 17.3. The molecule has 1 aromatic carbocycles. The summed E-state index contributed by atoms with van der Waals surface area (Å²) in [5.41, 5.74) is 2.49. The number of thioether (sulfide) groups is 1. The number of halogens is 1. The third-order valence-electron chi connectivity index (χ3n) is 4.82. The third kappa shape index (κ3) is 3.59. The topological polar surface area (TPSA) is 76.0 Å². The first-order chi connectivity index (χ1) is 14.7. The lowest BCUT2D eigenvalue weighted by molar-refractivity contribution is -0.130. The Labute approximate surface area is 181 Å². The van der Waals surface area contributed by atoms with Gasteiger partial charge in [-0.1, -0.05) is 41.6 Å². The van der Waals surface area contributed by atoms with E-state index in [0.717, 1.165) is 16.9 Å². The molecule has 0 aliphatic carbocycles. The lowest BCUT2D eigenvalue weighted by Gasteiger charge is -2.19. The van der Waals surface area contributed by atoms with Gasteiger partial charge in [0.05, 0.1) is 17.7 Å². The van der Waals surface area contributed by atoms with Crippen molar-refractivity contribution in [3.63, 3.8) is 0 Å². The van der Waals surface area contributed by atoms with Crippen molar-refractivity contribution in [3.8, 4) is 0 Å². The Morgan fingerprint density at radius 1 is 1.13 bits per heavy atom. The molecule has 0 radical (unpaired) electrons. The quantitative estimate of drug-likeness (QED) is 0.431. The second-order valence-electron chi connectivity index (χ2n) is 6.73. The Morgan fingerprint density at radius 2 is 2.00 bits per heavy atom. The van der Waals surface area contributed by atoms with E-state index in [4.69, 9.17) is 16.0 Å². The highest BCUT2D eigenvalue weighted by atomic mass is 35.5. The van der Waals surface area contributed by atoms with Gasteiger partial charge in [0, 0.05) is 17.6 Å². The van der Waals surface area contributed by atoms with E-state index in [-0.39, 0.29) is 17.7 Å². The fraction of sp³-hybridized carbons (Fsp3) is 0.143. The molecule has 0 N–H and O–H groups in total. The van der Waals surface area contributed by atoms with E-state index in [1.165, 1.54) is 16.8 Å². The molecule has 0 bridgehead atoms. The highest BCUT2D eigenvalue weighted by molar-refractivity contribution is 7.99. The molecule has 0 saturated heterocycles. The van der Waals surface area contributed by atoms with E-state index < -0.39 is 0 Å². The van der Waals surface area contributed by atoms with Gasteiger partial charge in [0.15, 0.2) is 10.8 Å². The zero-order valence-electron chi connectivity index (χ0n) is 15.7. The molecule has 1 amide bonds. The number of amides is 1. The van der Waals surface area contributed by atoms with Crippen molar-refractivity contribution in [3.05, 3.63) is 83.4 Å². The minimum atomic E-state index is -0.283. The average molecular weight is 438 g/mol. The molecule has 0 fully saturated rings. The maximum atomic E-state index is 13.1. The Hall–Kier alpha value is -3.10.